The molecule has 2 aromatic rings. The maximum atomic E-state index is 12.8. The van der Waals surface area contributed by atoms with Crippen molar-refractivity contribution in [3.05, 3.63) is 46.5 Å². The Morgan fingerprint density at radius 2 is 1.44 bits per heavy atom. The molecule has 0 spiro atoms. The normalized spacial score (nSPS) is 10.3. The molecule has 32 heavy (non-hydrogen) atoms. The minimum Gasteiger partial charge on any atom is -0.496 e. The molecule has 2 rings (SSSR count). The van der Waals surface area contributed by atoms with E-state index in [-0.39, 0.29) is 0 Å². The van der Waals surface area contributed by atoms with Crippen molar-refractivity contribution >= 4 is 11.9 Å². The van der Waals surface area contributed by atoms with Crippen LogP contribution in [-0.2, 0) is 22.3 Å². The Labute approximate surface area is 188 Å². The van der Waals surface area contributed by atoms with Crippen LogP contribution in [0.2, 0.25) is 0 Å². The van der Waals surface area contributed by atoms with E-state index in [2.05, 4.69) is 0 Å². The highest BCUT2D eigenvalue weighted by molar-refractivity contribution is 5.94. The number of carbonyl (C=O) groups is 2. The Hall–Kier alpha value is -3.42. The monoisotopic (exact) mass is 446 g/mol. The number of aryl methyl sites for hydroxylation is 1. The molecule has 0 bridgehead atoms. The zero-order valence-corrected chi connectivity index (χ0v) is 19.4. The highest BCUT2D eigenvalue weighted by atomic mass is 16.5. The largest absolute Gasteiger partial charge is 0.496 e. The minimum atomic E-state index is -0.476. The number of hydrogen-bond donors (Lipinski definition) is 0. The van der Waals surface area contributed by atoms with Crippen molar-refractivity contribution < 1.29 is 38.0 Å². The third kappa shape index (κ3) is 5.43. The molecule has 0 radical (unpaired) electrons. The van der Waals surface area contributed by atoms with Crippen LogP contribution in [0, 0.1) is 0 Å². The zero-order chi connectivity index (χ0) is 23.7. The van der Waals surface area contributed by atoms with Crippen LogP contribution in [0.15, 0.2) is 24.3 Å². The number of rotatable bonds is 11. The summed E-state index contributed by atoms with van der Waals surface area (Å²) in [7, 11) is 7.32. The second kappa shape index (κ2) is 11.8. The Bertz CT molecular complexity index is 952. The Morgan fingerprint density at radius 3 is 2.00 bits per heavy atom. The molecule has 0 aromatic heterocycles. The molecule has 2 aromatic carbocycles. The predicted octanol–water partition coefficient (Wildman–Crippen LogP) is 3.86. The van der Waals surface area contributed by atoms with Crippen LogP contribution < -0.4 is 18.9 Å². The highest BCUT2D eigenvalue weighted by Gasteiger charge is 2.25. The Morgan fingerprint density at radius 1 is 0.750 bits per heavy atom. The first kappa shape index (κ1) is 24.8. The fraction of sp³-hybridized carbons (Fsp3) is 0.417. The quantitative estimate of drug-likeness (QED) is 0.481. The van der Waals surface area contributed by atoms with Gasteiger partial charge in [0, 0.05) is 5.56 Å². The van der Waals surface area contributed by atoms with Gasteiger partial charge in [0.1, 0.15) is 11.3 Å². The zero-order valence-electron chi connectivity index (χ0n) is 19.4. The van der Waals surface area contributed by atoms with E-state index >= 15 is 0 Å². The number of methoxy groups -OCH3 is 5. The smallest absolute Gasteiger partial charge is 0.341 e. The average molecular weight is 446 g/mol. The van der Waals surface area contributed by atoms with E-state index in [0.29, 0.717) is 65.6 Å². The van der Waals surface area contributed by atoms with Gasteiger partial charge in [-0.2, -0.15) is 0 Å². The van der Waals surface area contributed by atoms with Gasteiger partial charge in [0.05, 0.1) is 47.7 Å². The van der Waals surface area contributed by atoms with Crippen molar-refractivity contribution in [2.75, 3.05) is 42.2 Å². The number of ether oxygens (including phenoxy) is 6. The summed E-state index contributed by atoms with van der Waals surface area (Å²) in [6, 6.07) is 6.85. The molecule has 0 saturated heterocycles. The van der Waals surface area contributed by atoms with Crippen LogP contribution in [0.5, 0.6) is 23.0 Å². The predicted molar refractivity (Wildman–Crippen MR) is 118 cm³/mol. The molecule has 0 atom stereocenters. The van der Waals surface area contributed by atoms with Crippen LogP contribution in [-0.4, -0.2) is 54.1 Å². The van der Waals surface area contributed by atoms with Gasteiger partial charge in [-0.15, -0.1) is 0 Å². The lowest BCUT2D eigenvalue weighted by atomic mass is 9.97. The second-order valence-electron chi connectivity index (χ2n) is 6.83. The van der Waals surface area contributed by atoms with E-state index < -0.39 is 11.9 Å². The summed E-state index contributed by atoms with van der Waals surface area (Å²) in [4.78, 5) is 24.7. The van der Waals surface area contributed by atoms with Gasteiger partial charge < -0.3 is 28.4 Å². The lowest BCUT2D eigenvalue weighted by Gasteiger charge is -2.19. The first-order valence-electron chi connectivity index (χ1n) is 10.2. The maximum Gasteiger partial charge on any atom is 0.341 e. The molecule has 0 aliphatic rings. The molecule has 0 amide bonds. The molecule has 0 aliphatic carbocycles. The van der Waals surface area contributed by atoms with Crippen LogP contribution in [0.3, 0.4) is 0 Å². The SMILES string of the molecule is CCCOC(=O)c1cc(OC)c(OC)c(OC)c1CCc1ccc(C(=O)OC)c(OC)c1. The van der Waals surface area contributed by atoms with E-state index in [1.54, 1.807) is 18.2 Å². The molecule has 0 unspecified atom stereocenters. The number of hydrogen-bond acceptors (Lipinski definition) is 8. The van der Waals surface area contributed by atoms with Crippen molar-refractivity contribution in [1.82, 2.24) is 0 Å². The van der Waals surface area contributed by atoms with Gasteiger partial charge >= 0.3 is 11.9 Å². The van der Waals surface area contributed by atoms with Gasteiger partial charge in [-0.1, -0.05) is 13.0 Å². The third-order valence-electron chi connectivity index (χ3n) is 4.92. The first-order chi connectivity index (χ1) is 15.4. The lowest BCUT2D eigenvalue weighted by molar-refractivity contribution is 0.0502. The third-order valence-corrected chi connectivity index (χ3v) is 4.92. The Kier molecular flexibility index (Phi) is 9.19. The first-order valence-corrected chi connectivity index (χ1v) is 10.2. The van der Waals surface area contributed by atoms with Crippen molar-refractivity contribution in [2.45, 2.75) is 26.2 Å². The van der Waals surface area contributed by atoms with Crippen LogP contribution in [0.1, 0.15) is 45.2 Å². The van der Waals surface area contributed by atoms with Crippen molar-refractivity contribution in [3.63, 3.8) is 0 Å². The van der Waals surface area contributed by atoms with Crippen molar-refractivity contribution in [3.8, 4) is 23.0 Å². The van der Waals surface area contributed by atoms with Gasteiger partial charge in [0.2, 0.25) is 5.75 Å². The van der Waals surface area contributed by atoms with Gasteiger partial charge in [0.15, 0.2) is 11.5 Å². The van der Waals surface area contributed by atoms with E-state index in [4.69, 9.17) is 28.4 Å². The summed E-state index contributed by atoms with van der Waals surface area (Å²) in [5.74, 6) is 0.664. The van der Waals surface area contributed by atoms with E-state index in [1.165, 1.54) is 35.5 Å². The summed E-state index contributed by atoms with van der Waals surface area (Å²) in [5, 5.41) is 0. The molecule has 0 N–H and O–H groups in total. The van der Waals surface area contributed by atoms with Gasteiger partial charge in [-0.3, -0.25) is 0 Å². The standard InChI is InChI=1S/C24H30O8/c1-7-12-32-24(26)18-14-20(28-3)22(30-5)21(29-4)16(18)10-8-15-9-11-17(23(25)31-6)19(13-15)27-2/h9,11,13-14H,7-8,10,12H2,1-6H3. The highest BCUT2D eigenvalue weighted by Crippen LogP contribution is 2.43. The summed E-state index contributed by atoms with van der Waals surface area (Å²) in [5.41, 5.74) is 2.24. The molecular formula is C24H30O8. The molecule has 0 aliphatic heterocycles. The van der Waals surface area contributed by atoms with Crippen molar-refractivity contribution in [1.29, 1.82) is 0 Å². The minimum absolute atomic E-state index is 0.307. The van der Waals surface area contributed by atoms with Gasteiger partial charge in [-0.05, 0) is 43.0 Å². The van der Waals surface area contributed by atoms with E-state index in [9.17, 15) is 9.59 Å². The molecule has 0 saturated carbocycles. The van der Waals surface area contributed by atoms with Gasteiger partial charge in [0.25, 0.3) is 0 Å². The van der Waals surface area contributed by atoms with Crippen LogP contribution in [0.25, 0.3) is 0 Å². The van der Waals surface area contributed by atoms with Crippen molar-refractivity contribution in [2.24, 2.45) is 0 Å². The number of carbonyl (C=O) groups excluding carboxylic acids is 2. The van der Waals surface area contributed by atoms with Crippen LogP contribution >= 0.6 is 0 Å². The fourth-order valence-corrected chi connectivity index (χ4v) is 3.36. The number of benzene rings is 2. The molecule has 0 heterocycles. The summed E-state index contributed by atoms with van der Waals surface area (Å²) in [6.45, 7) is 2.23. The summed E-state index contributed by atoms with van der Waals surface area (Å²) >= 11 is 0. The fourth-order valence-electron chi connectivity index (χ4n) is 3.36. The molecular weight excluding hydrogens is 416 g/mol. The number of esters is 2. The van der Waals surface area contributed by atoms with Gasteiger partial charge in [-0.25, -0.2) is 9.59 Å². The molecule has 8 heteroatoms. The Balaban J connectivity index is 2.47. The summed E-state index contributed by atoms with van der Waals surface area (Å²) in [6.07, 6.45) is 1.69. The summed E-state index contributed by atoms with van der Waals surface area (Å²) < 4.78 is 32.0. The van der Waals surface area contributed by atoms with Crippen LogP contribution in [0.4, 0.5) is 0 Å². The maximum absolute atomic E-state index is 12.8. The molecule has 0 fully saturated rings. The molecule has 8 nitrogen and oxygen atoms in total. The van der Waals surface area contributed by atoms with E-state index in [1.807, 2.05) is 13.0 Å². The lowest BCUT2D eigenvalue weighted by Crippen LogP contribution is -2.12. The second-order valence-corrected chi connectivity index (χ2v) is 6.83. The topological polar surface area (TPSA) is 89.5 Å². The average Bonchev–Trinajstić information content (AvgIpc) is 2.83. The van der Waals surface area contributed by atoms with E-state index in [0.717, 1.165) is 5.56 Å². The molecule has 174 valence electrons.